The molecule has 1 saturated heterocycles. The fourth-order valence-electron chi connectivity index (χ4n) is 1.65. The van der Waals surface area contributed by atoms with Gasteiger partial charge in [0.15, 0.2) is 0 Å². The first-order valence-electron chi connectivity index (χ1n) is 4.75. The minimum Gasteiger partial charge on any atom is -0.481 e. The maximum atomic E-state index is 10.0. The summed E-state index contributed by atoms with van der Waals surface area (Å²) in [6.45, 7) is 1.17. The predicted octanol–water partition coefficient (Wildman–Crippen LogP) is 0.620. The van der Waals surface area contributed by atoms with E-state index in [2.05, 4.69) is 10.3 Å². The van der Waals surface area contributed by atoms with E-state index in [9.17, 15) is 5.11 Å². The molecule has 1 aromatic rings. The lowest BCUT2D eigenvalue weighted by molar-refractivity contribution is -0.00952. The lowest BCUT2D eigenvalue weighted by atomic mass is 9.89. The van der Waals surface area contributed by atoms with Gasteiger partial charge in [-0.2, -0.15) is 0 Å². The molecule has 0 radical (unpaired) electrons. The van der Waals surface area contributed by atoms with Crippen LogP contribution in [-0.4, -0.2) is 35.9 Å². The van der Waals surface area contributed by atoms with Crippen LogP contribution in [0.2, 0.25) is 5.02 Å². The van der Waals surface area contributed by atoms with E-state index in [0.717, 1.165) is 5.56 Å². The van der Waals surface area contributed by atoms with Gasteiger partial charge in [0, 0.05) is 31.3 Å². The van der Waals surface area contributed by atoms with Crippen LogP contribution in [0.3, 0.4) is 0 Å². The van der Waals surface area contributed by atoms with Crippen LogP contribution in [0.15, 0.2) is 12.3 Å². The number of β-amino-alcohol motifs (C(OH)–C–C–N with tert-alkyl or cyclic N) is 1. The van der Waals surface area contributed by atoms with Crippen LogP contribution in [0.4, 0.5) is 0 Å². The summed E-state index contributed by atoms with van der Waals surface area (Å²) in [5.41, 5.74) is 0.0608. The Morgan fingerprint density at radius 1 is 1.67 bits per heavy atom. The van der Waals surface area contributed by atoms with Crippen LogP contribution < -0.4 is 10.1 Å². The van der Waals surface area contributed by atoms with Crippen molar-refractivity contribution >= 4 is 11.6 Å². The average Bonchev–Trinajstić information content (AvgIpc) is 2.18. The van der Waals surface area contributed by atoms with Crippen LogP contribution in [-0.2, 0) is 6.42 Å². The number of nitrogens with one attached hydrogen (secondary N) is 1. The van der Waals surface area contributed by atoms with E-state index in [1.165, 1.54) is 0 Å². The van der Waals surface area contributed by atoms with Crippen molar-refractivity contribution in [2.75, 3.05) is 20.2 Å². The number of methoxy groups -OCH3 is 1. The summed E-state index contributed by atoms with van der Waals surface area (Å²) in [6, 6.07) is 1.70. The molecule has 82 valence electrons. The quantitative estimate of drug-likeness (QED) is 0.797. The lowest BCUT2D eigenvalue weighted by Crippen LogP contribution is -2.60. The molecule has 1 aromatic heterocycles. The number of ether oxygens (including phenoxy) is 1. The molecular weight excluding hydrogens is 216 g/mol. The van der Waals surface area contributed by atoms with E-state index in [4.69, 9.17) is 16.3 Å². The van der Waals surface area contributed by atoms with Crippen LogP contribution in [0, 0.1) is 0 Å². The average molecular weight is 229 g/mol. The molecule has 4 nitrogen and oxygen atoms in total. The van der Waals surface area contributed by atoms with Crippen LogP contribution in [0.1, 0.15) is 5.56 Å². The molecule has 0 saturated carbocycles. The highest BCUT2D eigenvalue weighted by molar-refractivity contribution is 6.31. The number of aliphatic hydroxyl groups is 1. The largest absolute Gasteiger partial charge is 0.481 e. The molecule has 0 amide bonds. The third-order valence-corrected chi connectivity index (χ3v) is 2.92. The second-order valence-corrected chi connectivity index (χ2v) is 4.19. The van der Waals surface area contributed by atoms with Crippen LogP contribution in [0.5, 0.6) is 5.88 Å². The first-order valence-corrected chi connectivity index (χ1v) is 5.13. The molecule has 1 aliphatic heterocycles. The van der Waals surface area contributed by atoms with Crippen molar-refractivity contribution in [3.8, 4) is 5.88 Å². The van der Waals surface area contributed by atoms with Gasteiger partial charge in [0.25, 0.3) is 0 Å². The van der Waals surface area contributed by atoms with E-state index in [0.29, 0.717) is 30.4 Å². The maximum Gasteiger partial charge on any atom is 0.217 e. The van der Waals surface area contributed by atoms with Crippen molar-refractivity contribution in [3.63, 3.8) is 0 Å². The SMILES string of the molecule is COc1nccc(Cl)c1CC1(O)CNC1. The van der Waals surface area contributed by atoms with Gasteiger partial charge < -0.3 is 15.2 Å². The van der Waals surface area contributed by atoms with E-state index < -0.39 is 5.60 Å². The Morgan fingerprint density at radius 2 is 2.40 bits per heavy atom. The van der Waals surface area contributed by atoms with Gasteiger partial charge in [0.2, 0.25) is 5.88 Å². The van der Waals surface area contributed by atoms with Gasteiger partial charge in [0.1, 0.15) is 0 Å². The first-order chi connectivity index (χ1) is 7.14. The lowest BCUT2D eigenvalue weighted by Gasteiger charge is -2.38. The zero-order chi connectivity index (χ0) is 10.9. The highest BCUT2D eigenvalue weighted by atomic mass is 35.5. The number of hydrogen-bond acceptors (Lipinski definition) is 4. The third-order valence-electron chi connectivity index (χ3n) is 2.57. The van der Waals surface area contributed by atoms with Crippen molar-refractivity contribution in [1.29, 1.82) is 0 Å². The van der Waals surface area contributed by atoms with Gasteiger partial charge in [-0.05, 0) is 6.07 Å². The maximum absolute atomic E-state index is 10.0. The van der Waals surface area contributed by atoms with Crippen LogP contribution >= 0.6 is 11.6 Å². The number of aromatic nitrogens is 1. The topological polar surface area (TPSA) is 54.4 Å². The van der Waals surface area contributed by atoms with Crippen molar-refractivity contribution in [1.82, 2.24) is 10.3 Å². The zero-order valence-electron chi connectivity index (χ0n) is 8.46. The predicted molar refractivity (Wildman–Crippen MR) is 57.3 cm³/mol. The Kier molecular flexibility index (Phi) is 2.82. The van der Waals surface area contributed by atoms with Gasteiger partial charge in [-0.3, -0.25) is 0 Å². The summed E-state index contributed by atoms with van der Waals surface area (Å²) in [7, 11) is 1.55. The molecule has 2 rings (SSSR count). The van der Waals surface area contributed by atoms with Crippen LogP contribution in [0.25, 0.3) is 0 Å². The summed E-state index contributed by atoms with van der Waals surface area (Å²) in [4.78, 5) is 4.06. The number of pyridine rings is 1. The molecule has 1 fully saturated rings. The molecule has 0 aromatic carbocycles. The fourth-order valence-corrected chi connectivity index (χ4v) is 1.86. The Labute approximate surface area is 93.2 Å². The number of hydrogen-bond donors (Lipinski definition) is 2. The summed E-state index contributed by atoms with van der Waals surface area (Å²) in [6.07, 6.45) is 2.06. The Morgan fingerprint density at radius 3 is 2.93 bits per heavy atom. The molecule has 0 unspecified atom stereocenters. The number of halogens is 1. The molecule has 15 heavy (non-hydrogen) atoms. The minimum atomic E-state index is -0.708. The Balaban J connectivity index is 2.26. The number of rotatable bonds is 3. The summed E-state index contributed by atoms with van der Waals surface area (Å²) in [5, 5.41) is 13.6. The Hall–Kier alpha value is -0.840. The first kappa shape index (κ1) is 10.7. The van der Waals surface area contributed by atoms with Crippen molar-refractivity contribution in [3.05, 3.63) is 22.8 Å². The third kappa shape index (κ3) is 2.07. The smallest absolute Gasteiger partial charge is 0.217 e. The monoisotopic (exact) mass is 228 g/mol. The summed E-state index contributed by atoms with van der Waals surface area (Å²) >= 11 is 6.04. The van der Waals surface area contributed by atoms with E-state index >= 15 is 0 Å². The highest BCUT2D eigenvalue weighted by Gasteiger charge is 2.36. The van der Waals surface area contributed by atoms with Gasteiger partial charge >= 0.3 is 0 Å². The zero-order valence-corrected chi connectivity index (χ0v) is 9.21. The van der Waals surface area contributed by atoms with E-state index in [1.54, 1.807) is 19.4 Å². The standard InChI is InChI=1S/C10H13ClN2O2/c1-15-9-7(8(11)2-3-13-9)4-10(14)5-12-6-10/h2-3,12,14H,4-6H2,1H3. The summed E-state index contributed by atoms with van der Waals surface area (Å²) in [5.74, 6) is 0.489. The second-order valence-electron chi connectivity index (χ2n) is 3.79. The molecular formula is C10H13ClN2O2. The molecule has 0 bridgehead atoms. The molecule has 5 heteroatoms. The molecule has 2 heterocycles. The fraction of sp³-hybridized carbons (Fsp3) is 0.500. The molecule has 0 spiro atoms. The van der Waals surface area contributed by atoms with Gasteiger partial charge in [-0.1, -0.05) is 11.6 Å². The number of nitrogens with zero attached hydrogens (tertiary/aromatic N) is 1. The van der Waals surface area contributed by atoms with Gasteiger partial charge in [0.05, 0.1) is 17.7 Å². The van der Waals surface area contributed by atoms with Gasteiger partial charge in [-0.25, -0.2) is 4.98 Å². The second kappa shape index (κ2) is 3.96. The highest BCUT2D eigenvalue weighted by Crippen LogP contribution is 2.29. The molecule has 2 N–H and O–H groups in total. The van der Waals surface area contributed by atoms with E-state index in [-0.39, 0.29) is 0 Å². The van der Waals surface area contributed by atoms with Crippen molar-refractivity contribution in [2.24, 2.45) is 0 Å². The van der Waals surface area contributed by atoms with Gasteiger partial charge in [-0.15, -0.1) is 0 Å². The van der Waals surface area contributed by atoms with Crippen molar-refractivity contribution in [2.45, 2.75) is 12.0 Å². The normalized spacial score (nSPS) is 18.3. The molecule has 0 atom stereocenters. The minimum absolute atomic E-state index is 0.468. The molecule has 1 aliphatic rings. The van der Waals surface area contributed by atoms with Crippen molar-refractivity contribution < 1.29 is 9.84 Å². The summed E-state index contributed by atoms with van der Waals surface area (Å²) < 4.78 is 5.11. The Bertz CT molecular complexity index is 366. The van der Waals surface area contributed by atoms with E-state index in [1.807, 2.05) is 0 Å². The molecule has 0 aliphatic carbocycles.